The number of hydrogen-bond acceptors (Lipinski definition) is 3. The van der Waals surface area contributed by atoms with Gasteiger partial charge in [-0.2, -0.15) is 18.3 Å². The van der Waals surface area contributed by atoms with E-state index in [1.807, 2.05) is 0 Å². The highest BCUT2D eigenvalue weighted by molar-refractivity contribution is 6.07. The number of amides is 1. The molecule has 1 amide bonds. The van der Waals surface area contributed by atoms with Gasteiger partial charge in [0.15, 0.2) is 0 Å². The van der Waals surface area contributed by atoms with Crippen LogP contribution < -0.4 is 5.32 Å². The number of carboxylic acid groups (broad SMARTS) is 1. The van der Waals surface area contributed by atoms with Crippen molar-refractivity contribution in [2.45, 2.75) is 25.7 Å². The van der Waals surface area contributed by atoms with Crippen LogP contribution in [0.4, 0.5) is 22.0 Å². The number of nitrogens with one attached hydrogen (secondary N) is 1. The van der Waals surface area contributed by atoms with E-state index in [1.54, 1.807) is 25.1 Å². The van der Waals surface area contributed by atoms with Crippen LogP contribution in [0.3, 0.4) is 0 Å². The Morgan fingerprint density at radius 2 is 1.52 bits per heavy atom. The predicted octanol–water partition coefficient (Wildman–Crippen LogP) is 7.24. The Kier molecular flexibility index (Phi) is 7.51. The average Bonchev–Trinajstić information content (AvgIpc) is 3.34. The number of aromatic nitrogens is 2. The molecule has 0 saturated carbocycles. The van der Waals surface area contributed by atoms with E-state index in [1.165, 1.54) is 41.2 Å². The summed E-state index contributed by atoms with van der Waals surface area (Å²) in [6, 6.07) is 16.1. The van der Waals surface area contributed by atoms with Gasteiger partial charge in [-0.05, 0) is 77.7 Å². The summed E-state index contributed by atoms with van der Waals surface area (Å²) in [7, 11) is 0. The first kappa shape index (κ1) is 28.5. The third-order valence-corrected chi connectivity index (χ3v) is 6.79. The number of alkyl halides is 3. The summed E-state index contributed by atoms with van der Waals surface area (Å²) in [5, 5.41) is 16.8. The molecule has 0 aliphatic carbocycles. The minimum absolute atomic E-state index is 0.0437. The van der Waals surface area contributed by atoms with E-state index >= 15 is 0 Å². The van der Waals surface area contributed by atoms with Crippen LogP contribution in [0, 0.1) is 11.6 Å². The van der Waals surface area contributed by atoms with Crippen LogP contribution in [-0.4, -0.2) is 26.8 Å². The van der Waals surface area contributed by atoms with Crippen LogP contribution >= 0.6 is 0 Å². The van der Waals surface area contributed by atoms with Crippen molar-refractivity contribution >= 4 is 22.8 Å². The number of halogens is 5. The smallest absolute Gasteiger partial charge is 0.416 e. The van der Waals surface area contributed by atoms with Crippen LogP contribution in [0.25, 0.3) is 22.0 Å². The summed E-state index contributed by atoms with van der Waals surface area (Å²) < 4.78 is 68.6. The Morgan fingerprint density at radius 1 is 0.905 bits per heavy atom. The van der Waals surface area contributed by atoms with Gasteiger partial charge in [0.25, 0.3) is 5.91 Å². The molecule has 214 valence electrons. The number of rotatable bonds is 7. The third-order valence-electron chi connectivity index (χ3n) is 6.79. The summed E-state index contributed by atoms with van der Waals surface area (Å²) in [5.74, 6) is -3.24. The molecular weight excluding hydrogens is 557 g/mol. The second-order valence-corrected chi connectivity index (χ2v) is 9.74. The van der Waals surface area contributed by atoms with E-state index in [4.69, 9.17) is 5.11 Å². The van der Waals surface area contributed by atoms with E-state index in [0.717, 1.165) is 30.3 Å². The molecule has 42 heavy (non-hydrogen) atoms. The van der Waals surface area contributed by atoms with Crippen LogP contribution in [-0.2, 0) is 12.7 Å². The van der Waals surface area contributed by atoms with Gasteiger partial charge in [-0.15, -0.1) is 0 Å². The van der Waals surface area contributed by atoms with Crippen molar-refractivity contribution in [3.05, 3.63) is 125 Å². The van der Waals surface area contributed by atoms with Crippen molar-refractivity contribution in [3.63, 3.8) is 0 Å². The Bertz CT molecular complexity index is 1780. The first-order valence-corrected chi connectivity index (χ1v) is 12.7. The summed E-state index contributed by atoms with van der Waals surface area (Å²) in [6.07, 6.45) is -3.02. The van der Waals surface area contributed by atoms with Gasteiger partial charge in [0.1, 0.15) is 11.6 Å². The molecule has 0 radical (unpaired) electrons. The molecule has 0 unspecified atom stereocenters. The topological polar surface area (TPSA) is 84.2 Å². The molecule has 0 aliphatic heterocycles. The Balaban J connectivity index is 1.55. The number of carboxylic acids is 1. The lowest BCUT2D eigenvalue weighted by atomic mass is 9.99. The maximum absolute atomic E-state index is 14.0. The van der Waals surface area contributed by atoms with Crippen molar-refractivity contribution < 1.29 is 36.6 Å². The molecule has 0 fully saturated rings. The number of carbonyl (C=O) groups is 2. The normalized spacial score (nSPS) is 12.3. The lowest BCUT2D eigenvalue weighted by molar-refractivity contribution is -0.137. The highest BCUT2D eigenvalue weighted by Crippen LogP contribution is 2.31. The van der Waals surface area contributed by atoms with E-state index in [9.17, 15) is 31.5 Å². The summed E-state index contributed by atoms with van der Waals surface area (Å²) in [4.78, 5) is 24.9. The SMILES string of the molecule is C[C@H](NC(=O)c1cc(-c2cc(F)cc(F)c2)cc2cnn(Cc3ccc(C(F)(F)F)cc3)c12)c1ccc(C(=O)O)cc1. The molecule has 0 aliphatic rings. The van der Waals surface area contributed by atoms with Crippen molar-refractivity contribution in [3.8, 4) is 11.1 Å². The van der Waals surface area contributed by atoms with Crippen LogP contribution in [0.5, 0.6) is 0 Å². The summed E-state index contributed by atoms with van der Waals surface area (Å²) in [5.41, 5.74) is 1.44. The molecule has 11 heteroatoms. The number of nitrogens with zero attached hydrogens (tertiary/aromatic N) is 2. The zero-order chi connectivity index (χ0) is 30.2. The first-order chi connectivity index (χ1) is 19.9. The van der Waals surface area contributed by atoms with Gasteiger partial charge < -0.3 is 10.4 Å². The number of hydrogen-bond donors (Lipinski definition) is 2. The molecule has 6 nitrogen and oxygen atoms in total. The van der Waals surface area contributed by atoms with Gasteiger partial charge in [-0.1, -0.05) is 24.3 Å². The van der Waals surface area contributed by atoms with E-state index in [2.05, 4.69) is 10.4 Å². The molecule has 0 spiro atoms. The van der Waals surface area contributed by atoms with Gasteiger partial charge in [0.05, 0.1) is 41.0 Å². The van der Waals surface area contributed by atoms with Crippen LogP contribution in [0.1, 0.15) is 50.4 Å². The Morgan fingerprint density at radius 3 is 2.12 bits per heavy atom. The maximum Gasteiger partial charge on any atom is 0.416 e. The number of fused-ring (bicyclic) bond motifs is 1. The molecule has 2 N–H and O–H groups in total. The number of benzene rings is 4. The lowest BCUT2D eigenvalue weighted by Gasteiger charge is -2.17. The molecule has 1 heterocycles. The van der Waals surface area contributed by atoms with E-state index in [0.29, 0.717) is 27.6 Å². The summed E-state index contributed by atoms with van der Waals surface area (Å²) >= 11 is 0. The molecule has 0 bridgehead atoms. The highest BCUT2D eigenvalue weighted by atomic mass is 19.4. The first-order valence-electron chi connectivity index (χ1n) is 12.7. The third kappa shape index (κ3) is 5.99. The summed E-state index contributed by atoms with van der Waals surface area (Å²) in [6.45, 7) is 1.75. The molecule has 0 saturated heterocycles. The monoisotopic (exact) mass is 579 g/mol. The van der Waals surface area contributed by atoms with Crippen molar-refractivity contribution in [1.82, 2.24) is 15.1 Å². The fourth-order valence-corrected chi connectivity index (χ4v) is 4.66. The average molecular weight is 580 g/mol. The van der Waals surface area contributed by atoms with Gasteiger partial charge >= 0.3 is 12.1 Å². The van der Waals surface area contributed by atoms with Crippen molar-refractivity contribution in [2.75, 3.05) is 0 Å². The fourth-order valence-electron chi connectivity index (χ4n) is 4.66. The van der Waals surface area contributed by atoms with Crippen LogP contribution in [0.2, 0.25) is 0 Å². The lowest BCUT2D eigenvalue weighted by Crippen LogP contribution is -2.27. The molecule has 1 aromatic heterocycles. The number of aromatic carboxylic acids is 1. The van der Waals surface area contributed by atoms with E-state index in [-0.39, 0.29) is 23.2 Å². The Labute approximate surface area is 236 Å². The molecule has 1 atom stereocenters. The molecule has 5 rings (SSSR count). The van der Waals surface area contributed by atoms with Gasteiger partial charge in [-0.25, -0.2) is 13.6 Å². The van der Waals surface area contributed by atoms with Gasteiger partial charge in [0, 0.05) is 11.5 Å². The minimum atomic E-state index is -4.49. The van der Waals surface area contributed by atoms with Gasteiger partial charge in [0.2, 0.25) is 0 Å². The maximum atomic E-state index is 14.0. The Hall–Kier alpha value is -5.06. The predicted molar refractivity (Wildman–Crippen MR) is 145 cm³/mol. The second kappa shape index (κ2) is 11.1. The largest absolute Gasteiger partial charge is 0.478 e. The molecule has 5 aromatic rings. The standard InChI is InChI=1S/C31H22F5N3O3/c1-17(19-4-6-20(7-5-19)30(41)42)38-29(40)27-13-21(22-11-25(32)14-26(33)12-22)10-23-15-37-39(28(23)27)16-18-2-8-24(9-3-18)31(34,35)36/h2-15,17H,16H2,1H3,(H,38,40)(H,41,42)/t17-/m0/s1. The minimum Gasteiger partial charge on any atom is -0.478 e. The van der Waals surface area contributed by atoms with Gasteiger partial charge in [-0.3, -0.25) is 9.48 Å². The van der Waals surface area contributed by atoms with Crippen molar-refractivity contribution in [1.29, 1.82) is 0 Å². The number of carbonyl (C=O) groups excluding carboxylic acids is 1. The quantitative estimate of drug-likeness (QED) is 0.199. The van der Waals surface area contributed by atoms with Crippen molar-refractivity contribution in [2.24, 2.45) is 0 Å². The molecular formula is C31H22F5N3O3. The zero-order valence-corrected chi connectivity index (χ0v) is 21.9. The van der Waals surface area contributed by atoms with E-state index < -0.39 is 41.3 Å². The second-order valence-electron chi connectivity index (χ2n) is 9.74. The molecule has 4 aromatic carbocycles. The highest BCUT2D eigenvalue weighted by Gasteiger charge is 2.30. The van der Waals surface area contributed by atoms with Crippen LogP contribution in [0.15, 0.2) is 85.1 Å². The fraction of sp³-hybridized carbons (Fsp3) is 0.129. The zero-order valence-electron chi connectivity index (χ0n) is 21.9.